The van der Waals surface area contributed by atoms with Crippen LogP contribution in [-0.4, -0.2) is 18.9 Å². The third kappa shape index (κ3) is 2.46. The maximum Gasteiger partial charge on any atom is 0.311 e. The van der Waals surface area contributed by atoms with E-state index in [-0.39, 0.29) is 24.1 Å². The van der Waals surface area contributed by atoms with Crippen LogP contribution < -0.4 is 9.47 Å². The summed E-state index contributed by atoms with van der Waals surface area (Å²) in [5.41, 5.74) is 0.903. The van der Waals surface area contributed by atoms with Crippen LogP contribution in [0.1, 0.15) is 31.2 Å². The average molecular weight is 234 g/mol. The van der Waals surface area contributed by atoms with Crippen molar-refractivity contribution in [1.82, 2.24) is 0 Å². The highest BCUT2D eigenvalue weighted by Gasteiger charge is 2.28. The molecule has 90 valence electrons. The van der Waals surface area contributed by atoms with Crippen LogP contribution in [0.25, 0.3) is 0 Å². The summed E-state index contributed by atoms with van der Waals surface area (Å²) in [4.78, 5) is 22.6. The lowest BCUT2D eigenvalue weighted by atomic mass is 9.88. The van der Waals surface area contributed by atoms with Crippen molar-refractivity contribution in [3.63, 3.8) is 0 Å². The first-order valence-corrected chi connectivity index (χ1v) is 5.48. The quantitative estimate of drug-likeness (QED) is 0.593. The van der Waals surface area contributed by atoms with Crippen LogP contribution in [0.4, 0.5) is 0 Å². The summed E-state index contributed by atoms with van der Waals surface area (Å²) < 4.78 is 10.2. The number of ketones is 1. The molecule has 1 aliphatic rings. The summed E-state index contributed by atoms with van der Waals surface area (Å²) in [7, 11) is 1.55. The molecule has 4 heteroatoms. The number of hydrogen-bond donors (Lipinski definition) is 0. The number of methoxy groups -OCH3 is 1. The van der Waals surface area contributed by atoms with Crippen molar-refractivity contribution < 1.29 is 19.1 Å². The van der Waals surface area contributed by atoms with Gasteiger partial charge in [-0.25, -0.2) is 0 Å². The van der Waals surface area contributed by atoms with Crippen LogP contribution in [0.5, 0.6) is 11.5 Å². The molecule has 17 heavy (non-hydrogen) atoms. The van der Waals surface area contributed by atoms with E-state index >= 15 is 0 Å². The van der Waals surface area contributed by atoms with Gasteiger partial charge in [-0.15, -0.1) is 0 Å². The molecule has 1 aromatic rings. The molecular formula is C13H14O4. The first-order chi connectivity index (χ1) is 8.10. The second-order valence-corrected chi connectivity index (χ2v) is 4.19. The van der Waals surface area contributed by atoms with E-state index in [1.807, 2.05) is 12.1 Å². The van der Waals surface area contributed by atoms with Crippen molar-refractivity contribution in [1.29, 1.82) is 0 Å². The zero-order chi connectivity index (χ0) is 12.4. The molecule has 2 rings (SSSR count). The molecular weight excluding hydrogens is 220 g/mol. The Morgan fingerprint density at radius 1 is 1.53 bits per heavy atom. The summed E-state index contributed by atoms with van der Waals surface area (Å²) >= 11 is 0. The normalized spacial score (nSPS) is 18.2. The topological polar surface area (TPSA) is 52.6 Å². The summed E-state index contributed by atoms with van der Waals surface area (Å²) in [6.45, 7) is 1.53. The first kappa shape index (κ1) is 11.6. The Bertz CT molecular complexity index is 464. The van der Waals surface area contributed by atoms with Crippen molar-refractivity contribution in [2.75, 3.05) is 7.11 Å². The average Bonchev–Trinajstić information content (AvgIpc) is 2.27. The van der Waals surface area contributed by atoms with E-state index in [9.17, 15) is 9.59 Å². The van der Waals surface area contributed by atoms with Crippen LogP contribution in [0.2, 0.25) is 0 Å². The molecule has 1 atom stereocenters. The van der Waals surface area contributed by atoms with Crippen LogP contribution in [0.3, 0.4) is 0 Å². The van der Waals surface area contributed by atoms with Gasteiger partial charge in [-0.05, 0) is 18.6 Å². The van der Waals surface area contributed by atoms with Gasteiger partial charge in [0.05, 0.1) is 13.5 Å². The van der Waals surface area contributed by atoms with Crippen LogP contribution in [0, 0.1) is 0 Å². The molecule has 0 radical (unpaired) electrons. The monoisotopic (exact) mass is 234 g/mol. The number of hydrogen-bond acceptors (Lipinski definition) is 4. The van der Waals surface area contributed by atoms with Gasteiger partial charge in [-0.3, -0.25) is 4.79 Å². The smallest absolute Gasteiger partial charge is 0.311 e. The molecule has 1 aliphatic heterocycles. The maximum absolute atomic E-state index is 11.4. The fraction of sp³-hybridized carbons (Fsp3) is 0.385. The van der Waals surface area contributed by atoms with Crippen LogP contribution >= 0.6 is 0 Å². The second-order valence-electron chi connectivity index (χ2n) is 4.19. The molecule has 0 aromatic heterocycles. The van der Waals surface area contributed by atoms with E-state index in [1.54, 1.807) is 13.2 Å². The fourth-order valence-electron chi connectivity index (χ4n) is 2.07. The Labute approximate surface area is 99.5 Å². The molecule has 0 N–H and O–H groups in total. The van der Waals surface area contributed by atoms with Gasteiger partial charge < -0.3 is 14.3 Å². The third-order valence-electron chi connectivity index (χ3n) is 2.83. The number of Topliss-reactive ketones (excluding diaryl/α,β-unsaturated/α-hetero) is 1. The van der Waals surface area contributed by atoms with Crippen molar-refractivity contribution in [3.05, 3.63) is 23.8 Å². The van der Waals surface area contributed by atoms with Gasteiger partial charge in [0.15, 0.2) is 0 Å². The predicted molar refractivity (Wildman–Crippen MR) is 61.3 cm³/mol. The van der Waals surface area contributed by atoms with E-state index in [4.69, 9.17) is 9.47 Å². The van der Waals surface area contributed by atoms with E-state index in [0.29, 0.717) is 17.9 Å². The minimum Gasteiger partial charge on any atom is -0.497 e. The van der Waals surface area contributed by atoms with E-state index < -0.39 is 0 Å². The van der Waals surface area contributed by atoms with Gasteiger partial charge in [-0.2, -0.15) is 0 Å². The molecule has 1 unspecified atom stereocenters. The van der Waals surface area contributed by atoms with Gasteiger partial charge in [-0.1, -0.05) is 6.07 Å². The Kier molecular flexibility index (Phi) is 3.13. The highest BCUT2D eigenvalue weighted by Crippen LogP contribution is 2.38. The zero-order valence-electron chi connectivity index (χ0n) is 9.86. The third-order valence-corrected chi connectivity index (χ3v) is 2.83. The summed E-state index contributed by atoms with van der Waals surface area (Å²) in [6.07, 6.45) is 0.632. The minimum atomic E-state index is -0.294. The predicted octanol–water partition coefficient (Wildman–Crippen LogP) is 2.07. The minimum absolute atomic E-state index is 0.0744. The van der Waals surface area contributed by atoms with Gasteiger partial charge in [0.1, 0.15) is 17.3 Å². The van der Waals surface area contributed by atoms with Crippen molar-refractivity contribution in [2.24, 2.45) is 0 Å². The molecule has 0 saturated carbocycles. The van der Waals surface area contributed by atoms with Gasteiger partial charge in [0, 0.05) is 18.4 Å². The van der Waals surface area contributed by atoms with Crippen molar-refractivity contribution >= 4 is 11.8 Å². The number of rotatable bonds is 3. The standard InChI is InChI=1S/C13H14O4/c1-8(14)5-9-6-13(15)17-12-7-10(16-2)3-4-11(9)12/h3-4,7,9H,5-6H2,1-2H3. The summed E-state index contributed by atoms with van der Waals surface area (Å²) in [5.74, 6) is 0.852. The van der Waals surface area contributed by atoms with E-state index in [0.717, 1.165) is 5.56 Å². The molecule has 4 nitrogen and oxygen atoms in total. The van der Waals surface area contributed by atoms with Crippen molar-refractivity contribution in [2.45, 2.75) is 25.7 Å². The highest BCUT2D eigenvalue weighted by atomic mass is 16.5. The molecule has 0 bridgehead atoms. The molecule has 1 aromatic carbocycles. The summed E-state index contributed by atoms with van der Waals surface area (Å²) in [5, 5.41) is 0. The van der Waals surface area contributed by atoms with Crippen LogP contribution in [0.15, 0.2) is 18.2 Å². The lowest BCUT2D eigenvalue weighted by molar-refractivity contribution is -0.136. The first-order valence-electron chi connectivity index (χ1n) is 5.48. The number of ether oxygens (including phenoxy) is 2. The number of benzene rings is 1. The number of carbonyl (C=O) groups is 2. The number of fused-ring (bicyclic) bond motifs is 1. The fourth-order valence-corrected chi connectivity index (χ4v) is 2.07. The van der Waals surface area contributed by atoms with Gasteiger partial charge in [0.2, 0.25) is 0 Å². The van der Waals surface area contributed by atoms with Crippen molar-refractivity contribution in [3.8, 4) is 11.5 Å². The largest absolute Gasteiger partial charge is 0.497 e. The van der Waals surface area contributed by atoms with E-state index in [1.165, 1.54) is 6.92 Å². The Balaban J connectivity index is 2.36. The molecule has 0 fully saturated rings. The van der Waals surface area contributed by atoms with Gasteiger partial charge in [0.25, 0.3) is 0 Å². The zero-order valence-corrected chi connectivity index (χ0v) is 9.86. The SMILES string of the molecule is COc1ccc2c(c1)OC(=O)CC2CC(C)=O. The Hall–Kier alpha value is -1.84. The summed E-state index contributed by atoms with van der Waals surface area (Å²) in [6, 6.07) is 5.35. The molecule has 1 heterocycles. The molecule has 0 aliphatic carbocycles. The molecule has 0 amide bonds. The van der Waals surface area contributed by atoms with Gasteiger partial charge >= 0.3 is 5.97 Å². The lowest BCUT2D eigenvalue weighted by Crippen LogP contribution is -2.21. The maximum atomic E-state index is 11.4. The molecule has 0 spiro atoms. The molecule has 0 saturated heterocycles. The Morgan fingerprint density at radius 2 is 2.29 bits per heavy atom. The van der Waals surface area contributed by atoms with Crippen LogP contribution in [-0.2, 0) is 9.59 Å². The second kappa shape index (κ2) is 4.57. The number of esters is 1. The highest BCUT2D eigenvalue weighted by molar-refractivity contribution is 5.81. The number of carbonyl (C=O) groups excluding carboxylic acids is 2. The Morgan fingerprint density at radius 3 is 2.94 bits per heavy atom. The lowest BCUT2D eigenvalue weighted by Gasteiger charge is -2.23. The van der Waals surface area contributed by atoms with E-state index in [2.05, 4.69) is 0 Å².